The third kappa shape index (κ3) is 3.96. The Morgan fingerprint density at radius 1 is 0.412 bits per heavy atom. The fraction of sp³-hybridized carbons (Fsp3) is 0. The second-order valence-electron chi connectivity index (χ2n) is 8.25. The molecule has 0 N–H and O–H groups in total. The predicted molar refractivity (Wildman–Crippen MR) is 139 cm³/mol. The van der Waals surface area contributed by atoms with E-state index in [1.165, 1.54) is 21.9 Å². The Morgan fingerprint density at radius 3 is 1.91 bits per heavy atom. The maximum absolute atomic E-state index is 4.54. The minimum Gasteiger partial charge on any atom is -0.264 e. The lowest BCUT2D eigenvalue weighted by molar-refractivity contribution is 1.18. The number of rotatable bonds is 4. The predicted octanol–water partition coefficient (Wildman–Crippen LogP) is 7.69. The molecule has 4 aromatic carbocycles. The SMILES string of the molecule is c1cncc(-c2cccc(-c3cc(-c4ccc(-c5ccc6ccccc6c5)cc4)ncn3)c2)c1. The summed E-state index contributed by atoms with van der Waals surface area (Å²) in [5.41, 5.74) is 8.52. The summed E-state index contributed by atoms with van der Waals surface area (Å²) in [5.74, 6) is 0. The number of nitrogens with zero attached hydrogens (tertiary/aromatic N) is 3. The Balaban J connectivity index is 1.31. The average Bonchev–Trinajstić information content (AvgIpc) is 2.93. The molecule has 0 saturated heterocycles. The first-order chi connectivity index (χ1) is 16.8. The first kappa shape index (κ1) is 20.0. The van der Waals surface area contributed by atoms with E-state index in [0.717, 1.165) is 33.6 Å². The van der Waals surface area contributed by atoms with Crippen molar-refractivity contribution in [1.29, 1.82) is 0 Å². The second kappa shape index (κ2) is 8.72. The lowest BCUT2D eigenvalue weighted by atomic mass is 9.99. The van der Waals surface area contributed by atoms with Gasteiger partial charge in [0.2, 0.25) is 0 Å². The number of hydrogen-bond acceptors (Lipinski definition) is 3. The molecule has 0 spiro atoms. The van der Waals surface area contributed by atoms with Gasteiger partial charge in [0, 0.05) is 29.1 Å². The molecular weight excluding hydrogens is 414 g/mol. The van der Waals surface area contributed by atoms with Gasteiger partial charge in [-0.25, -0.2) is 9.97 Å². The van der Waals surface area contributed by atoms with Crippen molar-refractivity contribution < 1.29 is 0 Å². The van der Waals surface area contributed by atoms with Gasteiger partial charge in [-0.2, -0.15) is 0 Å². The van der Waals surface area contributed by atoms with Gasteiger partial charge in [-0.1, -0.05) is 84.9 Å². The minimum atomic E-state index is 0.898. The third-order valence-electron chi connectivity index (χ3n) is 6.08. The monoisotopic (exact) mass is 435 g/mol. The summed E-state index contributed by atoms with van der Waals surface area (Å²) in [6, 6.07) is 38.0. The van der Waals surface area contributed by atoms with Crippen LogP contribution in [-0.2, 0) is 0 Å². The van der Waals surface area contributed by atoms with E-state index in [4.69, 9.17) is 0 Å². The number of aromatic nitrogens is 3. The number of pyridine rings is 1. The summed E-state index contributed by atoms with van der Waals surface area (Å²) in [7, 11) is 0. The highest BCUT2D eigenvalue weighted by molar-refractivity contribution is 5.87. The molecule has 160 valence electrons. The van der Waals surface area contributed by atoms with Crippen molar-refractivity contribution in [3.63, 3.8) is 0 Å². The molecule has 6 aromatic rings. The molecule has 2 heterocycles. The molecule has 0 unspecified atom stereocenters. The second-order valence-corrected chi connectivity index (χ2v) is 8.25. The lowest BCUT2D eigenvalue weighted by Crippen LogP contribution is -1.90. The van der Waals surface area contributed by atoms with Crippen LogP contribution in [0.5, 0.6) is 0 Å². The molecule has 0 atom stereocenters. The molecule has 0 radical (unpaired) electrons. The summed E-state index contributed by atoms with van der Waals surface area (Å²) in [4.78, 5) is 13.3. The largest absolute Gasteiger partial charge is 0.264 e. The summed E-state index contributed by atoms with van der Waals surface area (Å²) < 4.78 is 0. The van der Waals surface area contributed by atoms with Crippen molar-refractivity contribution in [2.75, 3.05) is 0 Å². The van der Waals surface area contributed by atoms with Gasteiger partial charge in [-0.3, -0.25) is 4.98 Å². The zero-order chi connectivity index (χ0) is 22.7. The molecule has 3 nitrogen and oxygen atoms in total. The smallest absolute Gasteiger partial charge is 0.116 e. The third-order valence-corrected chi connectivity index (χ3v) is 6.08. The normalized spacial score (nSPS) is 10.9. The van der Waals surface area contributed by atoms with E-state index < -0.39 is 0 Å². The van der Waals surface area contributed by atoms with Crippen molar-refractivity contribution >= 4 is 10.8 Å². The van der Waals surface area contributed by atoms with Crippen molar-refractivity contribution in [2.24, 2.45) is 0 Å². The van der Waals surface area contributed by atoms with Crippen LogP contribution in [0.25, 0.3) is 55.5 Å². The van der Waals surface area contributed by atoms with E-state index in [0.29, 0.717) is 0 Å². The van der Waals surface area contributed by atoms with Gasteiger partial charge in [0.25, 0.3) is 0 Å². The molecule has 0 fully saturated rings. The van der Waals surface area contributed by atoms with Crippen LogP contribution >= 0.6 is 0 Å². The summed E-state index contributed by atoms with van der Waals surface area (Å²) in [6.45, 7) is 0. The van der Waals surface area contributed by atoms with E-state index in [-0.39, 0.29) is 0 Å². The molecule has 0 bridgehead atoms. The van der Waals surface area contributed by atoms with Crippen LogP contribution < -0.4 is 0 Å². The Hall–Kier alpha value is -4.63. The van der Waals surface area contributed by atoms with Gasteiger partial charge in [-0.05, 0) is 51.7 Å². The van der Waals surface area contributed by atoms with Crippen molar-refractivity contribution in [3.8, 4) is 44.8 Å². The molecule has 3 heteroatoms. The molecule has 0 aliphatic heterocycles. The highest BCUT2D eigenvalue weighted by Crippen LogP contribution is 2.29. The number of fused-ring (bicyclic) bond motifs is 1. The molecule has 0 amide bonds. The highest BCUT2D eigenvalue weighted by Gasteiger charge is 2.07. The van der Waals surface area contributed by atoms with Crippen LogP contribution in [0.15, 0.2) is 128 Å². The van der Waals surface area contributed by atoms with Crippen LogP contribution in [0.2, 0.25) is 0 Å². The van der Waals surface area contributed by atoms with Crippen molar-refractivity contribution in [1.82, 2.24) is 15.0 Å². The van der Waals surface area contributed by atoms with Gasteiger partial charge in [-0.15, -0.1) is 0 Å². The first-order valence-electron chi connectivity index (χ1n) is 11.3. The summed E-state index contributed by atoms with van der Waals surface area (Å²) in [5, 5.41) is 2.50. The molecule has 0 saturated carbocycles. The van der Waals surface area contributed by atoms with E-state index in [2.05, 4.69) is 112 Å². The van der Waals surface area contributed by atoms with Crippen LogP contribution in [0.1, 0.15) is 0 Å². The maximum Gasteiger partial charge on any atom is 0.116 e. The molecule has 0 aliphatic rings. The van der Waals surface area contributed by atoms with E-state index in [1.54, 1.807) is 12.5 Å². The summed E-state index contributed by atoms with van der Waals surface area (Å²) in [6.07, 6.45) is 5.30. The Labute approximate surface area is 198 Å². The van der Waals surface area contributed by atoms with Gasteiger partial charge in [0.15, 0.2) is 0 Å². The molecule has 34 heavy (non-hydrogen) atoms. The van der Waals surface area contributed by atoms with Crippen LogP contribution in [0, 0.1) is 0 Å². The van der Waals surface area contributed by atoms with E-state index in [9.17, 15) is 0 Å². The van der Waals surface area contributed by atoms with Crippen LogP contribution in [0.4, 0.5) is 0 Å². The Kier molecular flexibility index (Phi) is 5.13. The zero-order valence-electron chi connectivity index (χ0n) is 18.5. The lowest BCUT2D eigenvalue weighted by Gasteiger charge is -2.08. The maximum atomic E-state index is 4.54. The molecular formula is C31H21N3. The standard InChI is InChI=1S/C31H21N3/c1-2-6-25-17-27(15-12-22(25)5-1)23-10-13-24(14-11-23)30-19-31(34-21-33-30)28-8-3-7-26(18-28)29-9-4-16-32-20-29/h1-21H. The van der Waals surface area contributed by atoms with Gasteiger partial charge in [0.1, 0.15) is 6.33 Å². The average molecular weight is 436 g/mol. The number of hydrogen-bond donors (Lipinski definition) is 0. The van der Waals surface area contributed by atoms with Gasteiger partial charge < -0.3 is 0 Å². The Bertz CT molecular complexity index is 1590. The summed E-state index contributed by atoms with van der Waals surface area (Å²) >= 11 is 0. The molecule has 0 aliphatic carbocycles. The topological polar surface area (TPSA) is 38.7 Å². The van der Waals surface area contributed by atoms with Gasteiger partial charge >= 0.3 is 0 Å². The zero-order valence-corrected chi connectivity index (χ0v) is 18.5. The fourth-order valence-corrected chi connectivity index (χ4v) is 4.27. The van der Waals surface area contributed by atoms with Crippen LogP contribution in [0.3, 0.4) is 0 Å². The Morgan fingerprint density at radius 2 is 1.09 bits per heavy atom. The van der Waals surface area contributed by atoms with Gasteiger partial charge in [0.05, 0.1) is 11.4 Å². The molecule has 6 rings (SSSR count). The van der Waals surface area contributed by atoms with Crippen LogP contribution in [-0.4, -0.2) is 15.0 Å². The number of benzene rings is 4. The molecule has 2 aromatic heterocycles. The van der Waals surface area contributed by atoms with Crippen molar-refractivity contribution in [2.45, 2.75) is 0 Å². The highest BCUT2D eigenvalue weighted by atomic mass is 14.8. The quantitative estimate of drug-likeness (QED) is 0.285. The van der Waals surface area contributed by atoms with E-state index >= 15 is 0 Å². The fourth-order valence-electron chi connectivity index (χ4n) is 4.27. The van der Waals surface area contributed by atoms with Crippen molar-refractivity contribution in [3.05, 3.63) is 128 Å². The minimum absolute atomic E-state index is 0.898. The first-order valence-corrected chi connectivity index (χ1v) is 11.3. The van der Waals surface area contributed by atoms with E-state index in [1.807, 2.05) is 18.3 Å².